The number of pyridine rings is 1. The van der Waals surface area contributed by atoms with E-state index in [9.17, 15) is 0 Å². The highest BCUT2D eigenvalue weighted by Crippen LogP contribution is 2.53. The summed E-state index contributed by atoms with van der Waals surface area (Å²) in [5.74, 6) is 2.46. The molecule has 0 atom stereocenters. The average molecular weight is 985 g/mol. The number of hydrogen-bond donors (Lipinski definition) is 0. The normalized spacial score (nSPS) is 13.0. The third-order valence-corrected chi connectivity index (χ3v) is 16.5. The number of aromatic nitrogens is 2. The Morgan fingerprint density at radius 2 is 1.11 bits per heavy atom. The highest BCUT2D eigenvalue weighted by molar-refractivity contribution is 7.26. The lowest BCUT2D eigenvalue weighted by Gasteiger charge is -2.30. The minimum Gasteiger partial charge on any atom is -0.457 e. The lowest BCUT2D eigenvalue weighted by molar-refractivity contribution is 0.479. The van der Waals surface area contributed by atoms with E-state index < -0.39 is 0 Å². The van der Waals surface area contributed by atoms with Gasteiger partial charge in [0.1, 0.15) is 24.0 Å². The summed E-state index contributed by atoms with van der Waals surface area (Å²) >= 11 is 1.87. The molecule has 8 aromatic carbocycles. The van der Waals surface area contributed by atoms with Crippen LogP contribution in [0.25, 0.3) is 70.0 Å². The van der Waals surface area contributed by atoms with E-state index in [2.05, 4.69) is 249 Å². The smallest absolute Gasteiger partial charge is 0.137 e. The summed E-state index contributed by atoms with van der Waals surface area (Å²) in [5, 5.41) is 4.99. The van der Waals surface area contributed by atoms with Gasteiger partial charge in [-0.2, -0.15) is 0 Å². The fraction of sp³-hybridized carbons (Fsp3) is 0.221. The van der Waals surface area contributed by atoms with Crippen LogP contribution in [0.5, 0.6) is 11.5 Å². The highest BCUT2D eigenvalue weighted by Gasteiger charge is 2.33. The van der Waals surface area contributed by atoms with Crippen LogP contribution in [0, 0.1) is 41.5 Å². The van der Waals surface area contributed by atoms with Crippen molar-refractivity contribution >= 4 is 76.1 Å². The molecule has 0 spiro atoms. The van der Waals surface area contributed by atoms with Crippen molar-refractivity contribution in [1.29, 1.82) is 0 Å². The molecule has 0 fully saturated rings. The van der Waals surface area contributed by atoms with Crippen molar-refractivity contribution in [2.24, 2.45) is 0 Å². The molecule has 6 heteroatoms. The molecule has 368 valence electrons. The average Bonchev–Trinajstić information content (AvgIpc) is 4.03. The van der Waals surface area contributed by atoms with Gasteiger partial charge in [-0.3, -0.25) is 4.57 Å². The van der Waals surface area contributed by atoms with Crippen LogP contribution >= 0.6 is 11.3 Å². The third kappa shape index (κ3) is 7.93. The molecule has 1 aliphatic heterocycles. The van der Waals surface area contributed by atoms with Crippen molar-refractivity contribution in [1.82, 2.24) is 9.55 Å². The maximum absolute atomic E-state index is 7.18. The van der Waals surface area contributed by atoms with Crippen LogP contribution < -0.4 is 14.5 Å². The zero-order chi connectivity index (χ0) is 51.5. The van der Waals surface area contributed by atoms with E-state index >= 15 is 0 Å². The van der Waals surface area contributed by atoms with E-state index in [1.807, 2.05) is 17.5 Å². The molecular weight excluding hydrogens is 921 g/mol. The molecule has 74 heavy (non-hydrogen) atoms. The van der Waals surface area contributed by atoms with E-state index in [0.29, 0.717) is 6.67 Å². The van der Waals surface area contributed by atoms with Gasteiger partial charge in [0, 0.05) is 66.1 Å². The molecule has 0 saturated heterocycles. The monoisotopic (exact) mass is 984 g/mol. The van der Waals surface area contributed by atoms with Crippen LogP contribution in [0.4, 0.5) is 22.7 Å². The number of anilines is 4. The van der Waals surface area contributed by atoms with E-state index in [4.69, 9.17) is 9.72 Å². The second-order valence-electron chi connectivity index (χ2n) is 22.9. The Morgan fingerprint density at radius 3 is 1.76 bits per heavy atom. The SMILES string of the molecule is Cc1cc(C)c(-c2cccc(-c3c(C)cc(C)cc3C)c2N2CN(c3cc(Oc4ccc5c6c7sc8ccccc8c7ccc6n(-c6cc(C(C)(C)C)ccn6)c5c4)cc(C(C)(C)C)c3)c3ccccc32)c(C)c1. The Kier molecular flexibility index (Phi) is 11.2. The van der Waals surface area contributed by atoms with Gasteiger partial charge >= 0.3 is 0 Å². The quantitative estimate of drug-likeness (QED) is 0.159. The summed E-state index contributed by atoms with van der Waals surface area (Å²) in [5.41, 5.74) is 21.8. The molecule has 4 heterocycles. The predicted molar refractivity (Wildman–Crippen MR) is 317 cm³/mol. The van der Waals surface area contributed by atoms with Crippen molar-refractivity contribution in [3.05, 3.63) is 202 Å². The number of rotatable bonds is 7. The summed E-state index contributed by atoms with van der Waals surface area (Å²) < 4.78 is 12.1. The van der Waals surface area contributed by atoms with Crippen LogP contribution in [-0.4, -0.2) is 16.2 Å². The summed E-state index contributed by atoms with van der Waals surface area (Å²) in [6.07, 6.45) is 1.96. The zero-order valence-electron chi connectivity index (χ0n) is 44.8. The van der Waals surface area contributed by atoms with Crippen molar-refractivity contribution in [3.8, 4) is 39.6 Å². The first-order valence-electron chi connectivity index (χ1n) is 26.0. The molecule has 12 rings (SSSR count). The minimum atomic E-state index is -0.163. The Morgan fingerprint density at radius 1 is 0.500 bits per heavy atom. The fourth-order valence-electron chi connectivity index (χ4n) is 12.0. The fourth-order valence-corrected chi connectivity index (χ4v) is 13.3. The van der Waals surface area contributed by atoms with Gasteiger partial charge in [0.25, 0.3) is 0 Å². The van der Waals surface area contributed by atoms with Crippen LogP contribution in [-0.2, 0) is 10.8 Å². The molecular formula is C68H64N4OS. The summed E-state index contributed by atoms with van der Waals surface area (Å²) in [6, 6.07) is 56.3. The Bertz CT molecular complexity index is 3960. The molecule has 0 unspecified atom stereocenters. The number of nitrogens with zero attached hydrogens (tertiary/aromatic N) is 4. The van der Waals surface area contributed by atoms with Crippen LogP contribution in [0.3, 0.4) is 0 Å². The molecule has 1 aliphatic rings. The maximum atomic E-state index is 7.18. The first-order chi connectivity index (χ1) is 35.4. The largest absolute Gasteiger partial charge is 0.457 e. The summed E-state index contributed by atoms with van der Waals surface area (Å²) in [4.78, 5) is 10.1. The molecule has 11 aromatic rings. The molecule has 0 aliphatic carbocycles. The molecule has 0 saturated carbocycles. The lowest BCUT2D eigenvalue weighted by Crippen LogP contribution is -2.25. The molecule has 0 N–H and O–H groups in total. The Balaban J connectivity index is 1.01. The zero-order valence-corrected chi connectivity index (χ0v) is 45.6. The Labute approximate surface area is 440 Å². The topological polar surface area (TPSA) is 33.5 Å². The second kappa shape index (κ2) is 17.5. The molecule has 0 amide bonds. The van der Waals surface area contributed by atoms with E-state index in [-0.39, 0.29) is 10.8 Å². The molecule has 0 bridgehead atoms. The van der Waals surface area contributed by atoms with Crippen molar-refractivity contribution in [2.75, 3.05) is 16.5 Å². The number of para-hydroxylation sites is 3. The van der Waals surface area contributed by atoms with Crippen molar-refractivity contribution in [2.45, 2.75) is 93.9 Å². The summed E-state index contributed by atoms with van der Waals surface area (Å²) in [6.45, 7) is 27.7. The summed E-state index contributed by atoms with van der Waals surface area (Å²) in [7, 11) is 0. The van der Waals surface area contributed by atoms with Gasteiger partial charge in [0.05, 0.1) is 28.1 Å². The minimum absolute atomic E-state index is 0.0455. The Hall–Kier alpha value is -7.67. The first kappa shape index (κ1) is 47.3. The highest BCUT2D eigenvalue weighted by atomic mass is 32.1. The van der Waals surface area contributed by atoms with Gasteiger partial charge in [0.15, 0.2) is 0 Å². The standard InChI is InChI=1S/C68H64N4OS/c1-40-30-42(3)62(43(4)31-40)54-19-17-20-55(63-44(5)32-41(2)33-45(63)6)65(54)71-39-70(56-21-14-15-22-57(56)71)48-34-47(68(10,11)12)35-50(37-48)73-49-24-25-53-59(38-49)72(61-36-46(28-29-69-61)67(7,8)9)58-27-26-52-51-18-13-16-23-60(51)74-66(52)64(53)58/h13-38H,39H2,1-12H3. The van der Waals surface area contributed by atoms with Crippen LogP contribution in [0.2, 0.25) is 0 Å². The number of ether oxygens (including phenoxy) is 1. The number of benzene rings is 8. The van der Waals surface area contributed by atoms with Gasteiger partial charge < -0.3 is 14.5 Å². The lowest BCUT2D eigenvalue weighted by atomic mass is 9.86. The van der Waals surface area contributed by atoms with Crippen LogP contribution in [0.15, 0.2) is 158 Å². The predicted octanol–water partition coefficient (Wildman–Crippen LogP) is 19.4. The van der Waals surface area contributed by atoms with E-state index in [1.165, 1.54) is 109 Å². The number of aryl methyl sites for hydroxylation is 6. The molecule has 5 nitrogen and oxygen atoms in total. The second-order valence-corrected chi connectivity index (χ2v) is 24.0. The van der Waals surface area contributed by atoms with Crippen molar-refractivity contribution in [3.63, 3.8) is 0 Å². The van der Waals surface area contributed by atoms with Gasteiger partial charge in [-0.15, -0.1) is 11.3 Å². The third-order valence-electron chi connectivity index (χ3n) is 15.3. The first-order valence-corrected chi connectivity index (χ1v) is 26.9. The van der Waals surface area contributed by atoms with Gasteiger partial charge in [-0.1, -0.05) is 132 Å². The van der Waals surface area contributed by atoms with Gasteiger partial charge in [-0.25, -0.2) is 4.98 Å². The number of thiophene rings is 1. The molecule has 3 aromatic heterocycles. The van der Waals surface area contributed by atoms with Gasteiger partial charge in [-0.05, 0) is 158 Å². The number of hydrogen-bond acceptors (Lipinski definition) is 5. The van der Waals surface area contributed by atoms with Crippen LogP contribution in [0.1, 0.15) is 86.1 Å². The van der Waals surface area contributed by atoms with E-state index in [0.717, 1.165) is 39.7 Å². The van der Waals surface area contributed by atoms with Gasteiger partial charge in [0.2, 0.25) is 0 Å². The maximum Gasteiger partial charge on any atom is 0.137 e. The molecule has 0 radical (unpaired) electrons. The number of fused-ring (bicyclic) bond motifs is 8. The van der Waals surface area contributed by atoms with E-state index in [1.54, 1.807) is 0 Å². The van der Waals surface area contributed by atoms with Crippen molar-refractivity contribution < 1.29 is 4.74 Å².